The van der Waals surface area contributed by atoms with Crippen LogP contribution in [0.3, 0.4) is 0 Å². The standard InChI is InChI=1S/C11H16N4O2/c1-7-13-10(14-17-7)11(16)15-4-2-3-8-5-12-6-9(8)15/h8-9,12H,2-6H2,1H3. The topological polar surface area (TPSA) is 71.3 Å². The van der Waals surface area contributed by atoms with Crippen LogP contribution in [0, 0.1) is 12.8 Å². The highest BCUT2D eigenvalue weighted by Gasteiger charge is 2.38. The predicted molar refractivity (Wildman–Crippen MR) is 59.5 cm³/mol. The number of piperidine rings is 1. The maximum absolute atomic E-state index is 12.3. The first kappa shape index (κ1) is 10.7. The van der Waals surface area contributed by atoms with Crippen molar-refractivity contribution in [3.05, 3.63) is 11.7 Å². The van der Waals surface area contributed by atoms with Crippen molar-refractivity contribution >= 4 is 5.91 Å². The minimum Gasteiger partial charge on any atom is -0.339 e. The van der Waals surface area contributed by atoms with Crippen LogP contribution in [0.4, 0.5) is 0 Å². The molecule has 2 aliphatic heterocycles. The van der Waals surface area contributed by atoms with Gasteiger partial charge in [0.1, 0.15) is 0 Å². The fourth-order valence-corrected chi connectivity index (χ4v) is 2.83. The number of carbonyl (C=O) groups excluding carboxylic acids is 1. The normalized spacial score (nSPS) is 28.2. The Labute approximate surface area is 99.4 Å². The molecule has 0 radical (unpaired) electrons. The highest BCUT2D eigenvalue weighted by Crippen LogP contribution is 2.27. The van der Waals surface area contributed by atoms with Gasteiger partial charge in [0.2, 0.25) is 5.89 Å². The monoisotopic (exact) mass is 236 g/mol. The summed E-state index contributed by atoms with van der Waals surface area (Å²) in [6.45, 7) is 4.39. The van der Waals surface area contributed by atoms with Crippen LogP contribution in [0.25, 0.3) is 0 Å². The molecule has 3 rings (SSSR count). The average Bonchev–Trinajstić information content (AvgIpc) is 2.95. The van der Waals surface area contributed by atoms with Crippen LogP contribution >= 0.6 is 0 Å². The Morgan fingerprint density at radius 2 is 2.41 bits per heavy atom. The zero-order chi connectivity index (χ0) is 11.8. The van der Waals surface area contributed by atoms with Crippen LogP contribution in [0.2, 0.25) is 0 Å². The van der Waals surface area contributed by atoms with Gasteiger partial charge in [0.25, 0.3) is 11.7 Å². The van der Waals surface area contributed by atoms with Crippen LogP contribution in [-0.4, -0.2) is 46.6 Å². The second-order valence-corrected chi connectivity index (χ2v) is 4.76. The molecule has 2 aliphatic rings. The van der Waals surface area contributed by atoms with Gasteiger partial charge in [-0.1, -0.05) is 5.16 Å². The molecule has 0 aromatic carbocycles. The molecular weight excluding hydrogens is 220 g/mol. The number of nitrogens with zero attached hydrogens (tertiary/aromatic N) is 3. The van der Waals surface area contributed by atoms with Crippen molar-refractivity contribution in [1.29, 1.82) is 0 Å². The van der Waals surface area contributed by atoms with Crippen LogP contribution in [0.15, 0.2) is 4.52 Å². The van der Waals surface area contributed by atoms with Crippen molar-refractivity contribution in [2.24, 2.45) is 5.92 Å². The summed E-state index contributed by atoms with van der Waals surface area (Å²) in [6, 6.07) is 0.301. The molecule has 17 heavy (non-hydrogen) atoms. The van der Waals surface area contributed by atoms with Gasteiger partial charge in [-0.05, 0) is 18.8 Å². The SMILES string of the molecule is Cc1nc(C(=O)N2CCCC3CNCC32)no1. The Bertz CT molecular complexity index is 431. The minimum absolute atomic E-state index is 0.0970. The van der Waals surface area contributed by atoms with E-state index in [4.69, 9.17) is 4.52 Å². The van der Waals surface area contributed by atoms with E-state index in [1.165, 1.54) is 6.42 Å². The number of aromatic nitrogens is 2. The van der Waals surface area contributed by atoms with Crippen molar-refractivity contribution in [2.75, 3.05) is 19.6 Å². The van der Waals surface area contributed by atoms with Crippen molar-refractivity contribution in [3.8, 4) is 0 Å². The first-order chi connectivity index (χ1) is 8.25. The average molecular weight is 236 g/mol. The second kappa shape index (κ2) is 4.10. The van der Waals surface area contributed by atoms with Gasteiger partial charge < -0.3 is 14.7 Å². The molecule has 1 aromatic rings. The van der Waals surface area contributed by atoms with Crippen molar-refractivity contribution in [2.45, 2.75) is 25.8 Å². The van der Waals surface area contributed by atoms with Gasteiger partial charge in [-0.3, -0.25) is 4.79 Å². The predicted octanol–water partition coefficient (Wildman–Crippen LogP) is 0.202. The molecule has 0 aliphatic carbocycles. The van der Waals surface area contributed by atoms with E-state index in [1.54, 1.807) is 6.92 Å². The highest BCUT2D eigenvalue weighted by atomic mass is 16.5. The zero-order valence-corrected chi connectivity index (χ0v) is 9.85. The van der Waals surface area contributed by atoms with E-state index in [2.05, 4.69) is 15.5 Å². The maximum Gasteiger partial charge on any atom is 0.295 e. The number of hydrogen-bond donors (Lipinski definition) is 1. The third-order valence-corrected chi connectivity index (χ3v) is 3.66. The molecule has 2 saturated heterocycles. The summed E-state index contributed by atoms with van der Waals surface area (Å²) in [6.07, 6.45) is 2.26. The molecule has 1 amide bonds. The van der Waals surface area contributed by atoms with Crippen molar-refractivity contribution < 1.29 is 9.32 Å². The van der Waals surface area contributed by atoms with E-state index in [-0.39, 0.29) is 11.7 Å². The number of amides is 1. The second-order valence-electron chi connectivity index (χ2n) is 4.76. The van der Waals surface area contributed by atoms with Crippen molar-refractivity contribution in [3.63, 3.8) is 0 Å². The Hall–Kier alpha value is -1.43. The summed E-state index contributed by atoms with van der Waals surface area (Å²) in [5, 5.41) is 7.06. The maximum atomic E-state index is 12.3. The first-order valence-electron chi connectivity index (χ1n) is 6.07. The quantitative estimate of drug-likeness (QED) is 0.754. The third kappa shape index (κ3) is 1.82. The smallest absolute Gasteiger partial charge is 0.295 e. The number of aryl methyl sites for hydroxylation is 1. The molecule has 3 heterocycles. The van der Waals surface area contributed by atoms with E-state index in [0.29, 0.717) is 17.9 Å². The minimum atomic E-state index is -0.0970. The first-order valence-corrected chi connectivity index (χ1v) is 6.07. The molecule has 92 valence electrons. The van der Waals surface area contributed by atoms with Gasteiger partial charge in [0.15, 0.2) is 0 Å². The van der Waals surface area contributed by atoms with E-state index >= 15 is 0 Å². The Balaban J connectivity index is 1.81. The summed E-state index contributed by atoms with van der Waals surface area (Å²) >= 11 is 0. The van der Waals surface area contributed by atoms with Gasteiger partial charge >= 0.3 is 0 Å². The summed E-state index contributed by atoms with van der Waals surface area (Å²) in [5.74, 6) is 1.11. The lowest BCUT2D eigenvalue weighted by Gasteiger charge is -2.36. The molecule has 1 aromatic heterocycles. The van der Waals surface area contributed by atoms with E-state index in [9.17, 15) is 4.79 Å². The fourth-order valence-electron chi connectivity index (χ4n) is 2.83. The van der Waals surface area contributed by atoms with Crippen LogP contribution in [-0.2, 0) is 0 Å². The highest BCUT2D eigenvalue weighted by molar-refractivity contribution is 5.90. The number of rotatable bonds is 1. The number of hydrogen-bond acceptors (Lipinski definition) is 5. The lowest BCUT2D eigenvalue weighted by atomic mass is 9.92. The largest absolute Gasteiger partial charge is 0.339 e. The molecule has 0 bridgehead atoms. The van der Waals surface area contributed by atoms with Gasteiger partial charge in [0.05, 0.1) is 0 Å². The Morgan fingerprint density at radius 1 is 1.53 bits per heavy atom. The van der Waals surface area contributed by atoms with Crippen LogP contribution in [0.5, 0.6) is 0 Å². The summed E-state index contributed by atoms with van der Waals surface area (Å²) in [4.78, 5) is 18.2. The van der Waals surface area contributed by atoms with Gasteiger partial charge in [-0.2, -0.15) is 4.98 Å². The number of fused-ring (bicyclic) bond motifs is 1. The lowest BCUT2D eigenvalue weighted by Crippen LogP contribution is -2.48. The molecule has 0 saturated carbocycles. The van der Waals surface area contributed by atoms with Crippen LogP contribution < -0.4 is 5.32 Å². The summed E-state index contributed by atoms with van der Waals surface area (Å²) < 4.78 is 4.86. The fraction of sp³-hybridized carbons (Fsp3) is 0.727. The molecule has 0 spiro atoms. The molecule has 1 N–H and O–H groups in total. The van der Waals surface area contributed by atoms with Gasteiger partial charge in [-0.15, -0.1) is 0 Å². The third-order valence-electron chi connectivity index (χ3n) is 3.66. The van der Waals surface area contributed by atoms with E-state index < -0.39 is 0 Å². The lowest BCUT2D eigenvalue weighted by molar-refractivity contribution is 0.0559. The van der Waals surface area contributed by atoms with Gasteiger partial charge in [-0.25, -0.2) is 0 Å². The molecule has 6 heteroatoms. The summed E-state index contributed by atoms with van der Waals surface area (Å²) in [7, 11) is 0. The molecule has 2 fully saturated rings. The van der Waals surface area contributed by atoms with E-state index in [0.717, 1.165) is 26.1 Å². The Kier molecular flexibility index (Phi) is 2.58. The number of nitrogens with one attached hydrogen (secondary N) is 1. The summed E-state index contributed by atoms with van der Waals surface area (Å²) in [5.41, 5.74) is 0. The van der Waals surface area contributed by atoms with Gasteiger partial charge in [0, 0.05) is 32.6 Å². The van der Waals surface area contributed by atoms with Crippen molar-refractivity contribution in [1.82, 2.24) is 20.4 Å². The van der Waals surface area contributed by atoms with E-state index in [1.807, 2.05) is 4.90 Å². The number of likely N-dealkylation sites (tertiary alicyclic amines) is 1. The molecule has 2 unspecified atom stereocenters. The molecule has 2 atom stereocenters. The molecular formula is C11H16N4O2. The zero-order valence-electron chi connectivity index (χ0n) is 9.85. The van der Waals surface area contributed by atoms with Crippen LogP contribution in [0.1, 0.15) is 29.4 Å². The number of carbonyl (C=O) groups is 1. The Morgan fingerprint density at radius 3 is 3.18 bits per heavy atom. The molecule has 6 nitrogen and oxygen atoms in total.